The number of halogens is 2. The quantitative estimate of drug-likeness (QED) is 0.431. The lowest BCUT2D eigenvalue weighted by Crippen LogP contribution is -2.14. The maximum atomic E-state index is 12.8. The van der Waals surface area contributed by atoms with E-state index < -0.39 is 0 Å². The number of nitrogens with one attached hydrogen (secondary N) is 2. The van der Waals surface area contributed by atoms with E-state index in [-0.39, 0.29) is 5.91 Å². The summed E-state index contributed by atoms with van der Waals surface area (Å²) in [5.41, 5.74) is 5.28. The average molecular weight is 440 g/mol. The summed E-state index contributed by atoms with van der Waals surface area (Å²) in [7, 11) is 0. The van der Waals surface area contributed by atoms with Gasteiger partial charge in [0.2, 0.25) is 0 Å². The number of rotatable bonds is 5. The van der Waals surface area contributed by atoms with Gasteiger partial charge >= 0.3 is 0 Å². The van der Waals surface area contributed by atoms with Gasteiger partial charge in [0.1, 0.15) is 5.69 Å². The Balaban J connectivity index is 1.51. The van der Waals surface area contributed by atoms with Gasteiger partial charge in [0.25, 0.3) is 5.91 Å². The molecule has 0 aliphatic rings. The third-order valence-electron chi connectivity index (χ3n) is 4.83. The van der Waals surface area contributed by atoms with Crippen molar-refractivity contribution >= 4 is 34.8 Å². The minimum Gasteiger partial charge on any atom is -0.318 e. The first-order chi connectivity index (χ1) is 14.4. The SMILES string of the molecule is Cc1nn(Cc2ccc(Cl)cc2)c(C)c1NC(=O)c1cc(-c2ccc(Cl)cc2)n[nH]1. The van der Waals surface area contributed by atoms with E-state index in [2.05, 4.69) is 20.6 Å². The molecule has 4 aromatic rings. The van der Waals surface area contributed by atoms with E-state index in [0.29, 0.717) is 33.7 Å². The number of benzene rings is 2. The van der Waals surface area contributed by atoms with Crippen LogP contribution in [0.15, 0.2) is 54.6 Å². The van der Waals surface area contributed by atoms with Crippen LogP contribution in [0.2, 0.25) is 10.0 Å². The van der Waals surface area contributed by atoms with Crippen molar-refractivity contribution in [2.75, 3.05) is 5.32 Å². The van der Waals surface area contributed by atoms with E-state index in [1.807, 2.05) is 54.9 Å². The lowest BCUT2D eigenvalue weighted by atomic mass is 10.1. The third kappa shape index (κ3) is 4.25. The van der Waals surface area contributed by atoms with Crippen LogP contribution in [0.1, 0.15) is 27.4 Å². The van der Waals surface area contributed by atoms with E-state index in [0.717, 1.165) is 22.5 Å². The Hall–Kier alpha value is -3.09. The van der Waals surface area contributed by atoms with Crippen LogP contribution in [-0.2, 0) is 6.54 Å². The Bertz CT molecular complexity index is 1190. The van der Waals surface area contributed by atoms with E-state index in [4.69, 9.17) is 23.2 Å². The predicted octanol–water partition coefficient (Wildman–Crippen LogP) is 5.50. The lowest BCUT2D eigenvalue weighted by Gasteiger charge is -2.07. The number of aromatic amines is 1. The first-order valence-electron chi connectivity index (χ1n) is 9.32. The molecule has 4 rings (SSSR count). The molecule has 0 bridgehead atoms. The molecule has 0 aliphatic carbocycles. The highest BCUT2D eigenvalue weighted by atomic mass is 35.5. The van der Waals surface area contributed by atoms with Gasteiger partial charge in [0.15, 0.2) is 0 Å². The van der Waals surface area contributed by atoms with E-state index >= 15 is 0 Å². The highest BCUT2D eigenvalue weighted by Gasteiger charge is 2.17. The molecule has 2 aromatic carbocycles. The number of nitrogens with zero attached hydrogens (tertiary/aromatic N) is 3. The molecule has 2 aromatic heterocycles. The molecule has 0 saturated heterocycles. The zero-order valence-electron chi connectivity index (χ0n) is 16.4. The molecule has 30 heavy (non-hydrogen) atoms. The fourth-order valence-electron chi connectivity index (χ4n) is 3.18. The van der Waals surface area contributed by atoms with Gasteiger partial charge in [0.05, 0.1) is 29.3 Å². The summed E-state index contributed by atoms with van der Waals surface area (Å²) in [4.78, 5) is 12.8. The summed E-state index contributed by atoms with van der Waals surface area (Å²) in [5.74, 6) is -0.278. The summed E-state index contributed by atoms with van der Waals surface area (Å²) >= 11 is 11.9. The van der Waals surface area contributed by atoms with Crippen molar-refractivity contribution in [1.82, 2.24) is 20.0 Å². The smallest absolute Gasteiger partial charge is 0.273 e. The zero-order chi connectivity index (χ0) is 21.3. The van der Waals surface area contributed by atoms with Crippen LogP contribution >= 0.6 is 23.2 Å². The Morgan fingerprint density at radius 1 is 1.03 bits per heavy atom. The second-order valence-corrected chi connectivity index (χ2v) is 7.83. The highest BCUT2D eigenvalue weighted by Crippen LogP contribution is 2.23. The summed E-state index contributed by atoms with van der Waals surface area (Å²) in [6, 6.07) is 16.6. The normalized spacial score (nSPS) is 10.9. The van der Waals surface area contributed by atoms with E-state index in [1.165, 1.54) is 0 Å². The number of aryl methyl sites for hydroxylation is 1. The van der Waals surface area contributed by atoms with Crippen LogP contribution in [0.3, 0.4) is 0 Å². The first-order valence-corrected chi connectivity index (χ1v) is 10.1. The molecule has 6 nitrogen and oxygen atoms in total. The average Bonchev–Trinajstić information content (AvgIpc) is 3.32. The molecule has 1 amide bonds. The molecule has 0 spiro atoms. The molecule has 0 atom stereocenters. The molecule has 0 saturated carbocycles. The molecule has 152 valence electrons. The maximum Gasteiger partial charge on any atom is 0.273 e. The van der Waals surface area contributed by atoms with Crippen LogP contribution in [0, 0.1) is 13.8 Å². The number of carbonyl (C=O) groups is 1. The number of amides is 1. The van der Waals surface area contributed by atoms with E-state index in [1.54, 1.807) is 18.2 Å². The molecule has 0 unspecified atom stereocenters. The number of anilines is 1. The van der Waals surface area contributed by atoms with Gasteiger partial charge in [-0.05, 0) is 49.7 Å². The molecule has 2 heterocycles. The van der Waals surface area contributed by atoms with Gasteiger partial charge in [-0.2, -0.15) is 10.2 Å². The minimum atomic E-state index is -0.278. The number of carbonyl (C=O) groups excluding carboxylic acids is 1. The molecular weight excluding hydrogens is 421 g/mol. The van der Waals surface area contributed by atoms with Crippen molar-refractivity contribution in [3.63, 3.8) is 0 Å². The Morgan fingerprint density at radius 2 is 1.67 bits per heavy atom. The van der Waals surface area contributed by atoms with Crippen LogP contribution in [0.25, 0.3) is 11.3 Å². The zero-order valence-corrected chi connectivity index (χ0v) is 17.9. The molecule has 8 heteroatoms. The molecule has 0 aliphatic heterocycles. The van der Waals surface area contributed by atoms with Gasteiger partial charge < -0.3 is 5.32 Å². The molecule has 2 N–H and O–H groups in total. The summed E-state index contributed by atoms with van der Waals surface area (Å²) in [6.45, 7) is 4.38. The van der Waals surface area contributed by atoms with Crippen molar-refractivity contribution in [1.29, 1.82) is 0 Å². The van der Waals surface area contributed by atoms with Gasteiger partial charge in [-0.25, -0.2) is 0 Å². The van der Waals surface area contributed by atoms with Gasteiger partial charge in [-0.15, -0.1) is 0 Å². The first kappa shape index (κ1) is 20.2. The van der Waals surface area contributed by atoms with Crippen molar-refractivity contribution in [3.05, 3.63) is 87.3 Å². The van der Waals surface area contributed by atoms with Gasteiger partial charge in [-0.3, -0.25) is 14.6 Å². The van der Waals surface area contributed by atoms with Crippen LogP contribution in [0.4, 0.5) is 5.69 Å². The maximum absolute atomic E-state index is 12.8. The number of hydrogen-bond acceptors (Lipinski definition) is 3. The Labute approximate surface area is 183 Å². The van der Waals surface area contributed by atoms with Crippen molar-refractivity contribution in [2.45, 2.75) is 20.4 Å². The fourth-order valence-corrected chi connectivity index (χ4v) is 3.43. The number of aromatic nitrogens is 4. The standard InChI is InChI=1S/C22H19Cl2N5O/c1-13-21(14(2)29(28-13)12-15-3-7-17(23)8-4-15)25-22(30)20-11-19(26-27-20)16-5-9-18(24)10-6-16/h3-11H,12H2,1-2H3,(H,25,30)(H,26,27). The van der Waals surface area contributed by atoms with Crippen molar-refractivity contribution in [3.8, 4) is 11.3 Å². The second-order valence-electron chi connectivity index (χ2n) is 6.96. The Morgan fingerprint density at radius 3 is 2.33 bits per heavy atom. The summed E-state index contributed by atoms with van der Waals surface area (Å²) < 4.78 is 1.86. The predicted molar refractivity (Wildman–Crippen MR) is 119 cm³/mol. The van der Waals surface area contributed by atoms with Crippen molar-refractivity contribution in [2.24, 2.45) is 0 Å². The van der Waals surface area contributed by atoms with Gasteiger partial charge in [0, 0.05) is 15.6 Å². The minimum absolute atomic E-state index is 0.278. The topological polar surface area (TPSA) is 75.6 Å². The van der Waals surface area contributed by atoms with Crippen LogP contribution in [-0.4, -0.2) is 25.9 Å². The monoisotopic (exact) mass is 439 g/mol. The highest BCUT2D eigenvalue weighted by molar-refractivity contribution is 6.30. The summed E-state index contributed by atoms with van der Waals surface area (Å²) in [5, 5.41) is 15.9. The number of H-pyrrole nitrogens is 1. The van der Waals surface area contributed by atoms with Crippen LogP contribution < -0.4 is 5.32 Å². The largest absolute Gasteiger partial charge is 0.318 e. The van der Waals surface area contributed by atoms with Crippen molar-refractivity contribution < 1.29 is 4.79 Å². The molecular formula is C22H19Cl2N5O. The Kier molecular flexibility index (Phi) is 5.61. The van der Waals surface area contributed by atoms with Gasteiger partial charge in [-0.1, -0.05) is 47.5 Å². The number of hydrogen-bond donors (Lipinski definition) is 2. The molecule has 0 fully saturated rings. The van der Waals surface area contributed by atoms with Crippen LogP contribution in [0.5, 0.6) is 0 Å². The summed E-state index contributed by atoms with van der Waals surface area (Å²) in [6.07, 6.45) is 0. The molecule has 0 radical (unpaired) electrons. The fraction of sp³-hybridized carbons (Fsp3) is 0.136. The van der Waals surface area contributed by atoms with E-state index in [9.17, 15) is 4.79 Å². The third-order valence-corrected chi connectivity index (χ3v) is 5.33. The second kappa shape index (κ2) is 8.34. The lowest BCUT2D eigenvalue weighted by molar-refractivity contribution is 0.102.